The molecule has 0 unspecified atom stereocenters. The lowest BCUT2D eigenvalue weighted by atomic mass is 10.1. The molecule has 0 aliphatic carbocycles. The molecule has 0 saturated heterocycles. The fourth-order valence-corrected chi connectivity index (χ4v) is 1.58. The molecule has 0 radical (unpaired) electrons. The van der Waals surface area contributed by atoms with E-state index in [2.05, 4.69) is 4.98 Å². The Kier molecular flexibility index (Phi) is 3.29. The van der Waals surface area contributed by atoms with Crippen LogP contribution >= 0.6 is 0 Å². The third kappa shape index (κ3) is 2.26. The number of anilines is 1. The van der Waals surface area contributed by atoms with Gasteiger partial charge in [0, 0.05) is 19.3 Å². The molecule has 0 spiro atoms. The maximum absolute atomic E-state index is 7.57. The first-order valence-corrected chi connectivity index (χ1v) is 5.01. The largest absolute Gasteiger partial charge is 0.384 e. The van der Waals surface area contributed by atoms with Crippen molar-refractivity contribution in [1.29, 1.82) is 5.41 Å². The van der Waals surface area contributed by atoms with E-state index in [0.717, 1.165) is 29.2 Å². The Morgan fingerprint density at radius 3 is 2.60 bits per heavy atom. The van der Waals surface area contributed by atoms with E-state index in [1.165, 1.54) is 0 Å². The van der Waals surface area contributed by atoms with Gasteiger partial charge in [-0.05, 0) is 32.4 Å². The molecule has 0 aliphatic heterocycles. The van der Waals surface area contributed by atoms with Crippen molar-refractivity contribution in [3.05, 3.63) is 22.9 Å². The van der Waals surface area contributed by atoms with Crippen molar-refractivity contribution in [2.24, 2.45) is 5.73 Å². The highest BCUT2D eigenvalue weighted by molar-refractivity contribution is 6.01. The van der Waals surface area contributed by atoms with Gasteiger partial charge in [-0.2, -0.15) is 0 Å². The maximum Gasteiger partial charge on any atom is 0.139 e. The molecule has 3 N–H and O–H groups in total. The molecule has 15 heavy (non-hydrogen) atoms. The number of hydrogen-bond acceptors (Lipinski definition) is 3. The first-order valence-electron chi connectivity index (χ1n) is 5.01. The number of nitrogen functional groups attached to an aromatic ring is 1. The summed E-state index contributed by atoms with van der Waals surface area (Å²) in [5.41, 5.74) is 8.27. The van der Waals surface area contributed by atoms with Crippen molar-refractivity contribution in [3.63, 3.8) is 0 Å². The van der Waals surface area contributed by atoms with Crippen molar-refractivity contribution in [2.45, 2.75) is 20.8 Å². The smallest absolute Gasteiger partial charge is 0.139 e. The minimum absolute atomic E-state index is 0.0790. The molecule has 1 rings (SSSR count). The summed E-state index contributed by atoms with van der Waals surface area (Å²) in [6.45, 7) is 6.79. The van der Waals surface area contributed by atoms with Crippen LogP contribution in [0.25, 0.3) is 0 Å². The number of nitrogens with one attached hydrogen (secondary N) is 1. The van der Waals surface area contributed by atoms with Gasteiger partial charge in [0.2, 0.25) is 0 Å². The molecule has 0 fully saturated rings. The highest BCUT2D eigenvalue weighted by Gasteiger charge is 2.13. The zero-order chi connectivity index (χ0) is 11.6. The number of rotatable bonds is 3. The van der Waals surface area contributed by atoms with Crippen molar-refractivity contribution < 1.29 is 0 Å². The Balaban J connectivity index is 3.39. The summed E-state index contributed by atoms with van der Waals surface area (Å²) < 4.78 is 0. The number of pyridine rings is 1. The number of hydrogen-bond donors (Lipinski definition) is 2. The number of nitrogens with zero attached hydrogens (tertiary/aromatic N) is 2. The number of amidine groups is 1. The summed E-state index contributed by atoms with van der Waals surface area (Å²) >= 11 is 0. The second kappa shape index (κ2) is 4.29. The van der Waals surface area contributed by atoms with Gasteiger partial charge in [0.1, 0.15) is 11.7 Å². The van der Waals surface area contributed by atoms with Gasteiger partial charge in [-0.1, -0.05) is 0 Å². The SMILES string of the molecule is CCN(C)c1nc(C)cc(C)c1C(=N)N. The molecule has 0 amide bonds. The monoisotopic (exact) mass is 206 g/mol. The van der Waals surface area contributed by atoms with Gasteiger partial charge in [-0.25, -0.2) is 4.98 Å². The molecule has 82 valence electrons. The van der Waals surface area contributed by atoms with Crippen LogP contribution in [0.15, 0.2) is 6.07 Å². The Morgan fingerprint density at radius 1 is 1.53 bits per heavy atom. The number of aromatic nitrogens is 1. The zero-order valence-corrected chi connectivity index (χ0v) is 9.76. The third-order valence-electron chi connectivity index (χ3n) is 2.43. The topological polar surface area (TPSA) is 66.0 Å². The normalized spacial score (nSPS) is 10.1. The molecule has 4 heteroatoms. The van der Waals surface area contributed by atoms with Crippen LogP contribution in [0.4, 0.5) is 5.82 Å². The van der Waals surface area contributed by atoms with E-state index in [4.69, 9.17) is 11.1 Å². The minimum Gasteiger partial charge on any atom is -0.384 e. The van der Waals surface area contributed by atoms with Crippen LogP contribution in [0.1, 0.15) is 23.7 Å². The van der Waals surface area contributed by atoms with Crippen LogP contribution in [0.2, 0.25) is 0 Å². The van der Waals surface area contributed by atoms with E-state index in [0.29, 0.717) is 0 Å². The third-order valence-corrected chi connectivity index (χ3v) is 2.43. The van der Waals surface area contributed by atoms with Crippen LogP contribution in [-0.2, 0) is 0 Å². The van der Waals surface area contributed by atoms with E-state index in [1.807, 2.05) is 38.8 Å². The molecule has 0 saturated carbocycles. The second-order valence-electron chi connectivity index (χ2n) is 3.71. The molecule has 1 heterocycles. The first-order chi connectivity index (χ1) is 6.97. The summed E-state index contributed by atoms with van der Waals surface area (Å²) in [6.07, 6.45) is 0. The lowest BCUT2D eigenvalue weighted by molar-refractivity contribution is 0.924. The first kappa shape index (κ1) is 11.5. The van der Waals surface area contributed by atoms with Crippen molar-refractivity contribution in [2.75, 3.05) is 18.5 Å². The molecule has 0 atom stereocenters. The van der Waals surface area contributed by atoms with Crippen molar-refractivity contribution in [1.82, 2.24) is 4.98 Å². The van der Waals surface area contributed by atoms with E-state index in [9.17, 15) is 0 Å². The zero-order valence-electron chi connectivity index (χ0n) is 9.76. The van der Waals surface area contributed by atoms with Crippen LogP contribution in [0, 0.1) is 19.3 Å². The Labute approximate surface area is 90.6 Å². The van der Waals surface area contributed by atoms with Crippen LogP contribution in [-0.4, -0.2) is 24.4 Å². The van der Waals surface area contributed by atoms with Gasteiger partial charge in [0.25, 0.3) is 0 Å². The average molecular weight is 206 g/mol. The van der Waals surface area contributed by atoms with Crippen molar-refractivity contribution in [3.8, 4) is 0 Å². The number of nitrogens with two attached hydrogens (primary N) is 1. The molecule has 0 aromatic carbocycles. The summed E-state index contributed by atoms with van der Waals surface area (Å²) in [6, 6.07) is 1.95. The van der Waals surface area contributed by atoms with Gasteiger partial charge in [-0.3, -0.25) is 5.41 Å². The summed E-state index contributed by atoms with van der Waals surface area (Å²) in [7, 11) is 1.95. The summed E-state index contributed by atoms with van der Waals surface area (Å²) in [4.78, 5) is 6.43. The van der Waals surface area contributed by atoms with Gasteiger partial charge in [-0.15, -0.1) is 0 Å². The van der Waals surface area contributed by atoms with Crippen LogP contribution < -0.4 is 10.6 Å². The van der Waals surface area contributed by atoms with Gasteiger partial charge in [0.05, 0.1) is 5.56 Å². The standard InChI is InChI=1S/C11H18N4/c1-5-15(4)11-9(10(12)13)7(2)6-8(3)14-11/h6H,5H2,1-4H3,(H3,12,13). The second-order valence-corrected chi connectivity index (χ2v) is 3.71. The predicted molar refractivity (Wildman–Crippen MR) is 63.7 cm³/mol. The quantitative estimate of drug-likeness (QED) is 0.581. The highest BCUT2D eigenvalue weighted by Crippen LogP contribution is 2.20. The Bertz CT molecular complexity index is 384. The van der Waals surface area contributed by atoms with E-state index < -0.39 is 0 Å². The Morgan fingerprint density at radius 2 is 2.13 bits per heavy atom. The predicted octanol–water partition coefficient (Wildman–Crippen LogP) is 1.44. The molecule has 1 aromatic heterocycles. The van der Waals surface area contributed by atoms with Gasteiger partial charge < -0.3 is 10.6 Å². The molecule has 0 aliphatic rings. The van der Waals surface area contributed by atoms with E-state index in [1.54, 1.807) is 0 Å². The molecular formula is C11H18N4. The summed E-state index contributed by atoms with van der Waals surface area (Å²) in [5, 5.41) is 7.57. The number of aryl methyl sites for hydroxylation is 2. The van der Waals surface area contributed by atoms with Crippen molar-refractivity contribution >= 4 is 11.7 Å². The fourth-order valence-electron chi connectivity index (χ4n) is 1.58. The summed E-state index contributed by atoms with van der Waals surface area (Å²) in [5.74, 6) is 0.873. The van der Waals surface area contributed by atoms with E-state index in [-0.39, 0.29) is 5.84 Å². The van der Waals surface area contributed by atoms with Gasteiger partial charge in [0.15, 0.2) is 0 Å². The molecule has 4 nitrogen and oxygen atoms in total. The lowest BCUT2D eigenvalue weighted by Gasteiger charge is -2.20. The van der Waals surface area contributed by atoms with E-state index >= 15 is 0 Å². The van der Waals surface area contributed by atoms with Crippen LogP contribution in [0.3, 0.4) is 0 Å². The average Bonchev–Trinajstić information content (AvgIpc) is 2.14. The van der Waals surface area contributed by atoms with Gasteiger partial charge >= 0.3 is 0 Å². The molecule has 0 bridgehead atoms. The molecular weight excluding hydrogens is 188 g/mol. The fraction of sp³-hybridized carbons (Fsp3) is 0.455. The highest BCUT2D eigenvalue weighted by atomic mass is 15.2. The van der Waals surface area contributed by atoms with Crippen LogP contribution in [0.5, 0.6) is 0 Å². The maximum atomic E-state index is 7.57. The minimum atomic E-state index is 0.0790. The molecule has 1 aromatic rings. The lowest BCUT2D eigenvalue weighted by Crippen LogP contribution is -2.24. The Hall–Kier alpha value is -1.58.